The van der Waals surface area contributed by atoms with Crippen LogP contribution < -0.4 is 26.3 Å². The van der Waals surface area contributed by atoms with E-state index in [9.17, 15) is 29.7 Å². The van der Waals surface area contributed by atoms with Gasteiger partial charge >= 0.3 is 5.97 Å². The second kappa shape index (κ2) is 17.3. The fourth-order valence-corrected chi connectivity index (χ4v) is 7.62. The maximum absolute atomic E-state index is 13.8. The number of amides is 1. The number of carbonyl (C=O) groups excluding carboxylic acids is 1. The molecule has 3 aliphatic heterocycles. The van der Waals surface area contributed by atoms with Crippen molar-refractivity contribution in [2.45, 2.75) is 38.3 Å². The normalized spacial score (nSPS) is 15.7. The Bertz CT molecular complexity index is 2550. The van der Waals surface area contributed by atoms with E-state index in [1.165, 1.54) is 35.0 Å². The van der Waals surface area contributed by atoms with Crippen LogP contribution in [0.3, 0.4) is 0 Å². The summed E-state index contributed by atoms with van der Waals surface area (Å²) in [5.41, 5.74) is 8.12. The van der Waals surface area contributed by atoms with E-state index >= 15 is 0 Å². The van der Waals surface area contributed by atoms with E-state index < -0.39 is 18.1 Å². The lowest BCUT2D eigenvalue weighted by Gasteiger charge is -2.37. The number of phenols is 1. The number of carboxylic acids is 1. The fourth-order valence-electron chi connectivity index (χ4n) is 7.62. The molecule has 312 valence electrons. The van der Waals surface area contributed by atoms with Crippen LogP contribution >= 0.6 is 0 Å². The lowest BCUT2D eigenvalue weighted by molar-refractivity contribution is -0.138. The van der Waals surface area contributed by atoms with Crippen LogP contribution in [0.1, 0.15) is 41.9 Å². The molecule has 2 aromatic heterocycles. The van der Waals surface area contributed by atoms with E-state index in [1.54, 1.807) is 42.3 Å². The Morgan fingerprint density at radius 2 is 1.63 bits per heavy atom. The number of ether oxygens (including phenoxy) is 1. The van der Waals surface area contributed by atoms with E-state index in [4.69, 9.17) is 29.8 Å². The zero-order chi connectivity index (χ0) is 41.9. The van der Waals surface area contributed by atoms with E-state index in [-0.39, 0.29) is 39.9 Å². The van der Waals surface area contributed by atoms with Crippen LogP contribution in [0.4, 0.5) is 23.5 Å². The number of anilines is 4. The number of carboxylic acid groups (broad SMARTS) is 1. The number of hydrogen-bond acceptors (Lipinski definition) is 16. The van der Waals surface area contributed by atoms with Gasteiger partial charge in [0.2, 0.25) is 23.8 Å². The standard InChI is InChI=1S/C41H45N11O8/c1-24(53)36(52-23-26(47-48-52)4-2-3-11-42)37(56)49-12-14-50(15-13-49)40-44-39(45-41(46-40)51-16-18-59-19-17-51)43-25-5-8-29(32(20-25)38(57)58)35-30-9-6-27(54)21-33(30)60-34-22-28(55)7-10-31(34)35/h5-10,20-24,36,53-54H,2-4,11-19,42H2,1H3,(H,57,58)(H,43,44,45,46)/t24-,36+/m1/s1. The number of nitrogens with zero attached hydrogens (tertiary/aromatic N) is 9. The molecule has 2 saturated heterocycles. The molecule has 0 bridgehead atoms. The van der Waals surface area contributed by atoms with Crippen molar-refractivity contribution in [2.75, 3.05) is 74.1 Å². The number of hydrogen-bond donors (Lipinski definition) is 5. The molecule has 0 saturated carbocycles. The molecular formula is C41H45N11O8. The number of unbranched alkanes of at least 4 members (excludes halogenated alkanes) is 1. The summed E-state index contributed by atoms with van der Waals surface area (Å²) in [4.78, 5) is 59.0. The van der Waals surface area contributed by atoms with Crippen LogP contribution in [0.15, 0.2) is 70.0 Å². The molecule has 0 unspecified atom stereocenters. The maximum Gasteiger partial charge on any atom is 0.336 e. The molecule has 0 spiro atoms. The number of phenolic OH excluding ortho intramolecular Hbond substituents is 1. The number of piperazine rings is 1. The molecule has 1 amide bonds. The number of nitrogens with one attached hydrogen (secondary N) is 1. The lowest BCUT2D eigenvalue weighted by atomic mass is 9.90. The third-order valence-electron chi connectivity index (χ3n) is 10.7. The topological polar surface area (TPSA) is 251 Å². The number of rotatable bonds is 13. The fraction of sp³-hybridized carbons (Fsp3) is 0.366. The summed E-state index contributed by atoms with van der Waals surface area (Å²) in [6.07, 6.45) is 3.07. The van der Waals surface area contributed by atoms with E-state index in [2.05, 4.69) is 15.6 Å². The van der Waals surface area contributed by atoms with Gasteiger partial charge in [-0.25, -0.2) is 9.48 Å². The van der Waals surface area contributed by atoms with Crippen molar-refractivity contribution in [1.29, 1.82) is 0 Å². The molecule has 8 rings (SSSR count). The first-order chi connectivity index (χ1) is 29.1. The van der Waals surface area contributed by atoms with Crippen LogP contribution in [0, 0.1) is 0 Å². The van der Waals surface area contributed by atoms with Gasteiger partial charge < -0.3 is 50.2 Å². The maximum atomic E-state index is 13.8. The average Bonchev–Trinajstić information content (AvgIpc) is 3.71. The number of aromatic nitrogens is 6. The van der Waals surface area contributed by atoms with E-state index in [0.717, 1.165) is 18.5 Å². The molecule has 6 N–H and O–H groups in total. The molecule has 1 aliphatic carbocycles. The molecule has 19 heteroatoms. The van der Waals surface area contributed by atoms with Crippen molar-refractivity contribution in [3.63, 3.8) is 0 Å². The third-order valence-corrected chi connectivity index (χ3v) is 10.7. The highest BCUT2D eigenvalue weighted by Gasteiger charge is 2.34. The number of aromatic hydroxyl groups is 1. The molecule has 5 heterocycles. The Morgan fingerprint density at radius 1 is 0.900 bits per heavy atom. The second-order valence-corrected chi connectivity index (χ2v) is 14.8. The first-order valence-corrected chi connectivity index (χ1v) is 19.8. The quantitative estimate of drug-likeness (QED) is 0.0830. The summed E-state index contributed by atoms with van der Waals surface area (Å²) < 4.78 is 13.0. The zero-order valence-corrected chi connectivity index (χ0v) is 32.9. The number of morpholine rings is 1. The molecule has 0 radical (unpaired) electrons. The first kappa shape index (κ1) is 40.1. The number of aryl methyl sites for hydroxylation is 1. The van der Waals surface area contributed by atoms with Crippen molar-refractivity contribution in [3.05, 3.63) is 82.3 Å². The summed E-state index contributed by atoms with van der Waals surface area (Å²) in [7, 11) is 0. The third kappa shape index (κ3) is 8.40. The average molecular weight is 820 g/mol. The molecule has 19 nitrogen and oxygen atoms in total. The molecular weight excluding hydrogens is 775 g/mol. The van der Waals surface area contributed by atoms with E-state index in [0.29, 0.717) is 105 Å². The van der Waals surface area contributed by atoms with Gasteiger partial charge in [0.1, 0.15) is 17.1 Å². The summed E-state index contributed by atoms with van der Waals surface area (Å²) in [5.74, 6) is -0.312. The van der Waals surface area contributed by atoms with Gasteiger partial charge in [0.25, 0.3) is 0 Å². The van der Waals surface area contributed by atoms with Crippen molar-refractivity contribution >= 4 is 46.4 Å². The number of aromatic carboxylic acids is 1. The first-order valence-electron chi connectivity index (χ1n) is 19.8. The Morgan fingerprint density at radius 3 is 2.35 bits per heavy atom. The Labute approximate surface area is 343 Å². The van der Waals surface area contributed by atoms with Gasteiger partial charge in [-0.05, 0) is 74.7 Å². The predicted octanol–water partition coefficient (Wildman–Crippen LogP) is 2.88. The van der Waals surface area contributed by atoms with Gasteiger partial charge in [-0.15, -0.1) is 5.10 Å². The van der Waals surface area contributed by atoms with Crippen LogP contribution in [0.25, 0.3) is 33.4 Å². The van der Waals surface area contributed by atoms with Gasteiger partial charge in [-0.3, -0.25) is 9.59 Å². The lowest BCUT2D eigenvalue weighted by Crippen LogP contribution is -2.52. The summed E-state index contributed by atoms with van der Waals surface area (Å²) in [5, 5.41) is 43.6. The number of benzene rings is 3. The van der Waals surface area contributed by atoms with Crippen LogP contribution in [0.5, 0.6) is 5.75 Å². The number of aliphatic hydroxyl groups is 1. The summed E-state index contributed by atoms with van der Waals surface area (Å²) in [6, 6.07) is 12.8. The smallest absolute Gasteiger partial charge is 0.336 e. The van der Waals surface area contributed by atoms with Gasteiger partial charge in [0.05, 0.1) is 30.6 Å². The SMILES string of the molecule is C[C@@H](O)[C@@H](C(=O)N1CCN(c2nc(Nc3ccc(-c4c5ccc(=O)cc-5oc5cc(O)ccc45)c(C(=O)O)c3)nc(N3CCOCC3)n2)CC1)n1cc(CCCCN)nn1. The highest BCUT2D eigenvalue weighted by Crippen LogP contribution is 2.42. The number of nitrogens with two attached hydrogens (primary N) is 1. The minimum absolute atomic E-state index is 0.0410. The number of carbonyl (C=O) groups is 2. The highest BCUT2D eigenvalue weighted by atomic mass is 16.5. The molecule has 2 atom stereocenters. The largest absolute Gasteiger partial charge is 0.508 e. The molecule has 2 aromatic carbocycles. The van der Waals surface area contributed by atoms with Crippen LogP contribution in [0.2, 0.25) is 0 Å². The van der Waals surface area contributed by atoms with Gasteiger partial charge in [-0.2, -0.15) is 15.0 Å². The van der Waals surface area contributed by atoms with Crippen molar-refractivity contribution < 1.29 is 34.1 Å². The monoisotopic (exact) mass is 819 g/mol. The number of aliphatic hydroxyl groups excluding tert-OH is 1. The molecule has 60 heavy (non-hydrogen) atoms. The number of fused-ring (bicyclic) bond motifs is 2. The van der Waals surface area contributed by atoms with Gasteiger partial charge in [0.15, 0.2) is 11.5 Å². The zero-order valence-electron chi connectivity index (χ0n) is 32.9. The predicted molar refractivity (Wildman–Crippen MR) is 221 cm³/mol. The summed E-state index contributed by atoms with van der Waals surface area (Å²) >= 11 is 0. The second-order valence-electron chi connectivity index (χ2n) is 14.8. The molecule has 4 aromatic rings. The van der Waals surface area contributed by atoms with E-state index in [1.807, 2.05) is 9.80 Å². The Kier molecular flexibility index (Phi) is 11.5. The Hall–Kier alpha value is -6.70. The van der Waals surface area contributed by atoms with Crippen molar-refractivity contribution in [3.8, 4) is 28.2 Å². The van der Waals surface area contributed by atoms with Crippen LogP contribution in [-0.2, 0) is 16.0 Å². The molecule has 2 fully saturated rings. The van der Waals surface area contributed by atoms with Crippen LogP contribution in [-0.4, -0.2) is 127 Å². The minimum atomic E-state index is -1.20. The highest BCUT2D eigenvalue weighted by molar-refractivity contribution is 6.08. The van der Waals surface area contributed by atoms with Gasteiger partial charge in [-0.1, -0.05) is 11.3 Å². The van der Waals surface area contributed by atoms with Crippen molar-refractivity contribution in [1.82, 2.24) is 34.8 Å². The minimum Gasteiger partial charge on any atom is -0.508 e. The summed E-state index contributed by atoms with van der Waals surface area (Å²) in [6.45, 7) is 5.67. The van der Waals surface area contributed by atoms with Gasteiger partial charge in [0, 0.05) is 79.8 Å². The Balaban J connectivity index is 1.06. The van der Waals surface area contributed by atoms with Crippen molar-refractivity contribution in [2.24, 2.45) is 5.73 Å². The molecule has 4 aliphatic rings.